The van der Waals surface area contributed by atoms with Crippen LogP contribution in [0.25, 0.3) is 10.2 Å². The number of nitrogens with zero attached hydrogens (tertiary/aromatic N) is 3. The molecule has 2 aromatic heterocycles. The molecule has 5 rings (SSSR count). The van der Waals surface area contributed by atoms with Crippen molar-refractivity contribution < 1.29 is 17.9 Å². The summed E-state index contributed by atoms with van der Waals surface area (Å²) in [6, 6.07) is 5.27. The van der Waals surface area contributed by atoms with Crippen LogP contribution in [0.2, 0.25) is 0 Å². The van der Waals surface area contributed by atoms with Gasteiger partial charge in [-0.3, -0.25) is 4.90 Å². The molecular weight excluding hydrogens is 425 g/mol. The van der Waals surface area contributed by atoms with Crippen LogP contribution in [0.1, 0.15) is 34.7 Å². The predicted octanol–water partition coefficient (Wildman–Crippen LogP) is 5.16. The molecule has 3 heterocycles. The Balaban J connectivity index is 1.55. The van der Waals surface area contributed by atoms with Crippen LogP contribution in [0.15, 0.2) is 24.3 Å². The van der Waals surface area contributed by atoms with E-state index < -0.39 is 11.7 Å². The minimum absolute atomic E-state index is 0.378. The Bertz CT molecular complexity index is 1090. The lowest BCUT2D eigenvalue weighted by Crippen LogP contribution is -2.36. The summed E-state index contributed by atoms with van der Waals surface area (Å²) in [7, 11) is 0. The highest BCUT2D eigenvalue weighted by Gasteiger charge is 2.30. The van der Waals surface area contributed by atoms with Gasteiger partial charge in [-0.15, -0.1) is 11.3 Å². The maximum atomic E-state index is 13.2. The molecule has 1 N–H and O–H groups in total. The molecule has 164 valence electrons. The van der Waals surface area contributed by atoms with Crippen LogP contribution in [-0.4, -0.2) is 41.2 Å². The van der Waals surface area contributed by atoms with E-state index in [0.717, 1.165) is 61.1 Å². The second-order valence-corrected chi connectivity index (χ2v) is 9.06. The molecule has 9 heteroatoms. The molecule has 2 aliphatic rings. The van der Waals surface area contributed by atoms with Crippen molar-refractivity contribution in [1.82, 2.24) is 14.9 Å². The number of benzene rings is 1. The zero-order valence-electron chi connectivity index (χ0n) is 17.0. The molecule has 0 unspecified atom stereocenters. The first-order chi connectivity index (χ1) is 15.0. The predicted molar refractivity (Wildman–Crippen MR) is 115 cm³/mol. The minimum Gasteiger partial charge on any atom is -0.379 e. The Morgan fingerprint density at radius 2 is 1.90 bits per heavy atom. The highest BCUT2D eigenvalue weighted by Crippen LogP contribution is 2.40. The highest BCUT2D eigenvalue weighted by molar-refractivity contribution is 7.19. The number of halogens is 3. The summed E-state index contributed by atoms with van der Waals surface area (Å²) in [4.78, 5) is 14.1. The number of aromatic nitrogens is 2. The van der Waals surface area contributed by atoms with Gasteiger partial charge in [0.2, 0.25) is 0 Å². The maximum absolute atomic E-state index is 13.2. The molecule has 1 aromatic carbocycles. The van der Waals surface area contributed by atoms with Gasteiger partial charge in [-0.25, -0.2) is 9.97 Å². The van der Waals surface area contributed by atoms with Crippen molar-refractivity contribution in [3.8, 4) is 0 Å². The van der Waals surface area contributed by atoms with Gasteiger partial charge in [0.15, 0.2) is 0 Å². The Kier molecular flexibility index (Phi) is 5.58. The van der Waals surface area contributed by atoms with Crippen molar-refractivity contribution in [2.75, 3.05) is 31.6 Å². The van der Waals surface area contributed by atoms with E-state index in [1.54, 1.807) is 17.4 Å². The molecule has 0 atom stereocenters. The molecule has 1 fully saturated rings. The molecule has 0 spiro atoms. The van der Waals surface area contributed by atoms with E-state index >= 15 is 0 Å². The molecule has 5 nitrogen and oxygen atoms in total. The van der Waals surface area contributed by atoms with E-state index in [-0.39, 0.29) is 0 Å². The van der Waals surface area contributed by atoms with Crippen LogP contribution in [0.4, 0.5) is 24.7 Å². The van der Waals surface area contributed by atoms with E-state index in [2.05, 4.69) is 10.2 Å². The molecular formula is C22H23F3N4OS. The van der Waals surface area contributed by atoms with Gasteiger partial charge in [-0.2, -0.15) is 13.2 Å². The number of nitrogens with one attached hydrogen (secondary N) is 1. The SMILES string of the molecule is FC(F)(F)c1cccc(Nc2nc(CN3CCOCC3)nc3sc4c(c23)CCCC4)c1. The summed E-state index contributed by atoms with van der Waals surface area (Å²) in [5.41, 5.74) is 0.949. The molecule has 1 saturated heterocycles. The topological polar surface area (TPSA) is 50.3 Å². The van der Waals surface area contributed by atoms with Crippen LogP contribution >= 0.6 is 11.3 Å². The standard InChI is InChI=1S/C22H23F3N4OS/c23-22(24,25)14-4-3-5-15(12-14)26-20-19-16-6-1-2-7-17(16)31-21(19)28-18(27-20)13-29-8-10-30-11-9-29/h3-5,12H,1-2,6-11,13H2,(H,26,27,28). The second kappa shape index (κ2) is 8.37. The summed E-state index contributed by atoms with van der Waals surface area (Å²) < 4.78 is 45.0. The van der Waals surface area contributed by atoms with E-state index in [1.807, 2.05) is 0 Å². The van der Waals surface area contributed by atoms with Gasteiger partial charge in [-0.1, -0.05) is 6.07 Å². The summed E-state index contributed by atoms with van der Waals surface area (Å²) >= 11 is 1.69. The lowest BCUT2D eigenvalue weighted by Gasteiger charge is -2.25. The van der Waals surface area contributed by atoms with Gasteiger partial charge >= 0.3 is 6.18 Å². The van der Waals surface area contributed by atoms with Gasteiger partial charge < -0.3 is 10.1 Å². The Labute approximate surface area is 182 Å². The van der Waals surface area contributed by atoms with Gasteiger partial charge in [0, 0.05) is 23.7 Å². The average molecular weight is 449 g/mol. The summed E-state index contributed by atoms with van der Waals surface area (Å²) in [5, 5.41) is 4.15. The summed E-state index contributed by atoms with van der Waals surface area (Å²) in [6.07, 6.45) is -0.139. The number of alkyl halides is 3. The number of aryl methyl sites for hydroxylation is 2. The summed E-state index contributed by atoms with van der Waals surface area (Å²) in [6.45, 7) is 3.60. The molecule has 0 amide bonds. The third kappa shape index (κ3) is 4.40. The van der Waals surface area contributed by atoms with E-state index in [0.29, 0.717) is 37.1 Å². The van der Waals surface area contributed by atoms with Crippen LogP contribution < -0.4 is 5.32 Å². The molecule has 0 radical (unpaired) electrons. The minimum atomic E-state index is -4.39. The van der Waals surface area contributed by atoms with Crippen LogP contribution in [0, 0.1) is 0 Å². The first kappa shape index (κ1) is 20.7. The third-order valence-electron chi connectivity index (χ3n) is 5.78. The first-order valence-corrected chi connectivity index (χ1v) is 11.3. The first-order valence-electron chi connectivity index (χ1n) is 10.5. The van der Waals surface area contributed by atoms with Crippen molar-refractivity contribution in [2.45, 2.75) is 38.4 Å². The number of rotatable bonds is 4. The zero-order valence-corrected chi connectivity index (χ0v) is 17.8. The fourth-order valence-corrected chi connectivity index (χ4v) is 5.51. The number of morpholine rings is 1. The van der Waals surface area contributed by atoms with E-state index in [9.17, 15) is 13.2 Å². The number of ether oxygens (including phenoxy) is 1. The van der Waals surface area contributed by atoms with Gasteiger partial charge in [0.05, 0.1) is 30.7 Å². The molecule has 3 aromatic rings. The molecule has 0 bridgehead atoms. The number of hydrogen-bond acceptors (Lipinski definition) is 6. The lowest BCUT2D eigenvalue weighted by molar-refractivity contribution is -0.137. The molecule has 1 aliphatic heterocycles. The van der Waals surface area contributed by atoms with Crippen LogP contribution in [-0.2, 0) is 30.3 Å². The third-order valence-corrected chi connectivity index (χ3v) is 6.97. The van der Waals surface area contributed by atoms with E-state index in [1.165, 1.54) is 16.5 Å². The Hall–Kier alpha value is -2.23. The maximum Gasteiger partial charge on any atom is 0.416 e. The van der Waals surface area contributed by atoms with E-state index in [4.69, 9.17) is 14.7 Å². The zero-order chi connectivity index (χ0) is 21.4. The van der Waals surface area contributed by atoms with Crippen LogP contribution in [0.3, 0.4) is 0 Å². The number of thiophene rings is 1. The fourth-order valence-electron chi connectivity index (χ4n) is 4.23. The van der Waals surface area contributed by atoms with Gasteiger partial charge in [0.1, 0.15) is 16.5 Å². The van der Waals surface area contributed by atoms with Crippen molar-refractivity contribution in [3.05, 3.63) is 46.1 Å². The van der Waals surface area contributed by atoms with Gasteiger partial charge in [0.25, 0.3) is 0 Å². The Morgan fingerprint density at radius 1 is 1.10 bits per heavy atom. The highest BCUT2D eigenvalue weighted by atomic mass is 32.1. The molecule has 31 heavy (non-hydrogen) atoms. The summed E-state index contributed by atoms with van der Waals surface area (Å²) in [5.74, 6) is 1.29. The monoisotopic (exact) mass is 448 g/mol. The van der Waals surface area contributed by atoms with Crippen molar-refractivity contribution in [3.63, 3.8) is 0 Å². The number of hydrogen-bond donors (Lipinski definition) is 1. The second-order valence-electron chi connectivity index (χ2n) is 7.97. The fraction of sp³-hybridized carbons (Fsp3) is 0.455. The normalized spacial score (nSPS) is 17.6. The average Bonchev–Trinajstić information content (AvgIpc) is 3.13. The van der Waals surface area contributed by atoms with Crippen LogP contribution in [0.5, 0.6) is 0 Å². The lowest BCUT2D eigenvalue weighted by atomic mass is 9.97. The largest absolute Gasteiger partial charge is 0.416 e. The smallest absolute Gasteiger partial charge is 0.379 e. The Morgan fingerprint density at radius 3 is 2.71 bits per heavy atom. The molecule has 1 aliphatic carbocycles. The van der Waals surface area contributed by atoms with Crippen molar-refractivity contribution in [2.24, 2.45) is 0 Å². The quantitative estimate of drug-likeness (QED) is 0.597. The number of fused-ring (bicyclic) bond motifs is 3. The molecule has 0 saturated carbocycles. The van der Waals surface area contributed by atoms with Crippen molar-refractivity contribution >= 4 is 33.1 Å². The van der Waals surface area contributed by atoms with Gasteiger partial charge in [-0.05, 0) is 49.4 Å². The van der Waals surface area contributed by atoms with Crippen molar-refractivity contribution in [1.29, 1.82) is 0 Å². The number of anilines is 2.